The Kier molecular flexibility index (Phi) is 4.20. The summed E-state index contributed by atoms with van der Waals surface area (Å²) in [6, 6.07) is 14.6. The summed E-state index contributed by atoms with van der Waals surface area (Å²) in [6.45, 7) is 0.683. The first-order valence-corrected chi connectivity index (χ1v) is 9.94. The van der Waals surface area contributed by atoms with Crippen LogP contribution in [0.1, 0.15) is 15.9 Å². The number of hydrogen-bond acceptors (Lipinski definition) is 3. The molecule has 1 heterocycles. The molecule has 3 nitrogen and oxygen atoms in total. The van der Waals surface area contributed by atoms with Crippen molar-refractivity contribution >= 4 is 41.4 Å². The van der Waals surface area contributed by atoms with E-state index in [9.17, 15) is 8.63 Å². The van der Waals surface area contributed by atoms with Crippen LogP contribution in [0.5, 0.6) is 0 Å². The fraction of sp³-hybridized carbons (Fsp3) is 0.188. The van der Waals surface area contributed by atoms with Gasteiger partial charge in [-0.2, -0.15) is 0 Å². The Hall–Kier alpha value is -1.48. The van der Waals surface area contributed by atoms with Gasteiger partial charge in [0.15, 0.2) is 0 Å². The minimum absolute atomic E-state index is 0.0343. The van der Waals surface area contributed by atoms with E-state index in [1.165, 1.54) is 0 Å². The summed E-state index contributed by atoms with van der Waals surface area (Å²) in [4.78, 5) is 14.5. The molecule has 108 valence electrons. The number of fused-ring (bicyclic) bond motifs is 1. The standard InChI is InChI=1S/C16H14ClNO2Se/c17-8-9-18-11-21(20)15-10-13(6-7-14(15)18)16(19)12-4-2-1-3-5-12/h1-7,10H,8-9,11H2. The van der Waals surface area contributed by atoms with Crippen LogP contribution in [0.3, 0.4) is 0 Å². The van der Waals surface area contributed by atoms with Crippen molar-refractivity contribution in [1.82, 2.24) is 0 Å². The molecule has 21 heavy (non-hydrogen) atoms. The van der Waals surface area contributed by atoms with Gasteiger partial charge >= 0.3 is 132 Å². The van der Waals surface area contributed by atoms with Crippen molar-refractivity contribution in [3.8, 4) is 0 Å². The molecule has 0 fully saturated rings. The predicted molar refractivity (Wildman–Crippen MR) is 85.3 cm³/mol. The fourth-order valence-electron chi connectivity index (χ4n) is 2.42. The van der Waals surface area contributed by atoms with Crippen molar-refractivity contribution in [1.29, 1.82) is 0 Å². The molecule has 1 unspecified atom stereocenters. The Morgan fingerprint density at radius 3 is 2.62 bits per heavy atom. The maximum atomic E-state index is 12.4. The fourth-order valence-corrected chi connectivity index (χ4v) is 5.52. The maximum absolute atomic E-state index is 12.4. The van der Waals surface area contributed by atoms with Crippen molar-refractivity contribution in [3.63, 3.8) is 0 Å². The van der Waals surface area contributed by atoms with Gasteiger partial charge in [0, 0.05) is 0 Å². The van der Waals surface area contributed by atoms with Crippen LogP contribution >= 0.6 is 11.6 Å². The van der Waals surface area contributed by atoms with Gasteiger partial charge in [0.05, 0.1) is 0 Å². The van der Waals surface area contributed by atoms with Crippen LogP contribution in [-0.4, -0.2) is 37.5 Å². The zero-order valence-electron chi connectivity index (χ0n) is 11.3. The van der Waals surface area contributed by atoms with E-state index in [0.29, 0.717) is 29.0 Å². The minimum atomic E-state index is -2.09. The van der Waals surface area contributed by atoms with Gasteiger partial charge in [-0.05, 0) is 0 Å². The molecule has 1 aliphatic rings. The number of ketones is 1. The van der Waals surface area contributed by atoms with Gasteiger partial charge in [-0.25, -0.2) is 0 Å². The number of rotatable bonds is 4. The summed E-state index contributed by atoms with van der Waals surface area (Å²) in [5.41, 5.74) is 2.75. The van der Waals surface area contributed by atoms with Gasteiger partial charge in [0.1, 0.15) is 0 Å². The molecule has 0 aliphatic carbocycles. The Balaban J connectivity index is 1.96. The number of anilines is 1. The summed E-state index contributed by atoms with van der Waals surface area (Å²) in [5, 5.41) is 0. The molecule has 0 saturated heterocycles. The zero-order chi connectivity index (χ0) is 14.8. The number of nitrogens with zero attached hydrogens (tertiary/aromatic N) is 1. The molecule has 2 aromatic carbocycles. The molecule has 3 rings (SSSR count). The summed E-state index contributed by atoms with van der Waals surface area (Å²) < 4.78 is 13.1. The van der Waals surface area contributed by atoms with Gasteiger partial charge < -0.3 is 0 Å². The molecule has 0 amide bonds. The molecule has 0 bridgehead atoms. The van der Waals surface area contributed by atoms with Crippen LogP contribution in [-0.2, 0) is 3.83 Å². The van der Waals surface area contributed by atoms with Crippen molar-refractivity contribution in [2.24, 2.45) is 0 Å². The topological polar surface area (TPSA) is 37.4 Å². The molecule has 0 N–H and O–H groups in total. The van der Waals surface area contributed by atoms with E-state index in [1.54, 1.807) is 24.3 Å². The second kappa shape index (κ2) is 6.10. The molecule has 0 spiro atoms. The second-order valence-electron chi connectivity index (χ2n) is 4.80. The van der Waals surface area contributed by atoms with Gasteiger partial charge in [-0.15, -0.1) is 0 Å². The van der Waals surface area contributed by atoms with E-state index >= 15 is 0 Å². The second-order valence-corrected chi connectivity index (χ2v) is 8.10. The van der Waals surface area contributed by atoms with Crippen LogP contribution in [0, 0.1) is 0 Å². The van der Waals surface area contributed by atoms with Crippen LogP contribution in [0.2, 0.25) is 0 Å². The number of benzene rings is 2. The third-order valence-corrected chi connectivity index (χ3v) is 6.50. The molecular formula is C16H14ClNO2Se. The van der Waals surface area contributed by atoms with E-state index in [1.807, 2.05) is 29.2 Å². The Morgan fingerprint density at radius 1 is 1.14 bits per heavy atom. The van der Waals surface area contributed by atoms with Gasteiger partial charge in [-0.3, -0.25) is 0 Å². The van der Waals surface area contributed by atoms with Crippen LogP contribution in [0.25, 0.3) is 0 Å². The number of halogens is 1. The van der Waals surface area contributed by atoms with Gasteiger partial charge in [0.25, 0.3) is 0 Å². The quantitative estimate of drug-likeness (QED) is 0.473. The van der Waals surface area contributed by atoms with Crippen molar-refractivity contribution in [2.45, 2.75) is 0 Å². The first-order valence-electron chi connectivity index (χ1n) is 6.64. The molecule has 1 atom stereocenters. The average molecular weight is 367 g/mol. The third-order valence-electron chi connectivity index (χ3n) is 3.47. The summed E-state index contributed by atoms with van der Waals surface area (Å²) >= 11 is 3.68. The third kappa shape index (κ3) is 2.80. The molecule has 0 aromatic heterocycles. The number of carbonyl (C=O) groups is 1. The number of hydrogen-bond donors (Lipinski definition) is 0. The molecule has 2 aromatic rings. The summed E-state index contributed by atoms with van der Waals surface area (Å²) in [7, 11) is 0. The van der Waals surface area contributed by atoms with E-state index in [4.69, 9.17) is 11.6 Å². The number of carbonyl (C=O) groups excluding carboxylic acids is 1. The first kappa shape index (κ1) is 14.5. The molecule has 0 saturated carbocycles. The molecule has 0 radical (unpaired) electrons. The van der Waals surface area contributed by atoms with Crippen molar-refractivity contribution in [2.75, 3.05) is 22.8 Å². The molecular weight excluding hydrogens is 353 g/mol. The predicted octanol–water partition coefficient (Wildman–Crippen LogP) is 2.14. The zero-order valence-corrected chi connectivity index (χ0v) is 13.8. The van der Waals surface area contributed by atoms with Crippen LogP contribution < -0.4 is 9.36 Å². The SMILES string of the molecule is O=C(c1ccccc1)c1ccc2c(c1)[Se](=O)CN2CCCl. The Bertz CT molecular complexity index is 703. The van der Waals surface area contributed by atoms with Crippen molar-refractivity contribution in [3.05, 3.63) is 59.7 Å². The van der Waals surface area contributed by atoms with Gasteiger partial charge in [-0.1, -0.05) is 0 Å². The Morgan fingerprint density at radius 2 is 1.90 bits per heavy atom. The van der Waals surface area contributed by atoms with E-state index in [2.05, 4.69) is 0 Å². The molecule has 1 aliphatic heterocycles. The van der Waals surface area contributed by atoms with Crippen LogP contribution in [0.15, 0.2) is 48.5 Å². The normalized spacial score (nSPS) is 16.8. The first-order chi connectivity index (χ1) is 10.2. The van der Waals surface area contributed by atoms with Crippen molar-refractivity contribution < 1.29 is 8.63 Å². The van der Waals surface area contributed by atoms with E-state index in [0.717, 1.165) is 10.1 Å². The van der Waals surface area contributed by atoms with E-state index < -0.39 is 13.8 Å². The summed E-state index contributed by atoms with van der Waals surface area (Å²) in [5.74, 6) is 0.469. The monoisotopic (exact) mass is 367 g/mol. The van der Waals surface area contributed by atoms with Gasteiger partial charge in [0.2, 0.25) is 0 Å². The average Bonchev–Trinajstić information content (AvgIpc) is 2.84. The van der Waals surface area contributed by atoms with Crippen LogP contribution in [0.4, 0.5) is 5.69 Å². The van der Waals surface area contributed by atoms with E-state index in [-0.39, 0.29) is 5.78 Å². The number of alkyl halides is 1. The summed E-state index contributed by atoms with van der Waals surface area (Å²) in [6.07, 6.45) is 0. The Labute approximate surface area is 132 Å². The molecule has 5 heteroatoms.